The quantitative estimate of drug-likeness (QED) is 0.865. The molecule has 0 bridgehead atoms. The minimum Gasteiger partial charge on any atom is -0.465 e. The van der Waals surface area contributed by atoms with Gasteiger partial charge >= 0.3 is 5.97 Å². The van der Waals surface area contributed by atoms with Crippen molar-refractivity contribution in [2.45, 2.75) is 19.9 Å². The second-order valence-electron chi connectivity index (χ2n) is 4.95. The molecule has 1 N–H and O–H groups in total. The van der Waals surface area contributed by atoms with E-state index in [1.807, 2.05) is 32.0 Å². The summed E-state index contributed by atoms with van der Waals surface area (Å²) in [6.07, 6.45) is 0. The first-order chi connectivity index (χ1) is 9.63. The molecular weight excluding hydrogens is 276 g/mol. The maximum absolute atomic E-state index is 12.3. The predicted molar refractivity (Wildman–Crippen MR) is 80.0 cm³/mol. The van der Waals surface area contributed by atoms with Crippen LogP contribution in [0.2, 0.25) is 5.02 Å². The molecule has 0 radical (unpaired) electrons. The topological polar surface area (TPSA) is 41.6 Å². The Morgan fingerprint density at radius 2 is 2.15 bits per heavy atom. The molecule has 0 aromatic heterocycles. The average Bonchev–Trinajstić information content (AvgIpc) is 2.44. The number of hydrogen-bond donors (Lipinski definition) is 1. The van der Waals surface area contributed by atoms with Gasteiger partial charge in [0.2, 0.25) is 0 Å². The third kappa shape index (κ3) is 3.51. The zero-order chi connectivity index (χ0) is 14.5. The van der Waals surface area contributed by atoms with Gasteiger partial charge in [0.1, 0.15) is 6.04 Å². The van der Waals surface area contributed by atoms with Crippen LogP contribution in [0.15, 0.2) is 18.2 Å². The molecule has 0 spiro atoms. The zero-order valence-corrected chi connectivity index (χ0v) is 12.7. The van der Waals surface area contributed by atoms with Crippen LogP contribution in [0, 0.1) is 6.92 Å². The molecule has 5 heteroatoms. The van der Waals surface area contributed by atoms with E-state index in [-0.39, 0.29) is 12.0 Å². The minimum atomic E-state index is -0.366. The molecule has 1 unspecified atom stereocenters. The van der Waals surface area contributed by atoms with E-state index in [1.165, 1.54) is 0 Å². The van der Waals surface area contributed by atoms with Crippen LogP contribution in [0.25, 0.3) is 0 Å². The lowest BCUT2D eigenvalue weighted by atomic mass is 10.0. The van der Waals surface area contributed by atoms with E-state index in [1.54, 1.807) is 0 Å². The van der Waals surface area contributed by atoms with Crippen LogP contribution in [-0.4, -0.2) is 43.7 Å². The molecule has 1 aromatic carbocycles. The number of carbonyl (C=O) groups is 1. The Morgan fingerprint density at radius 1 is 1.45 bits per heavy atom. The van der Waals surface area contributed by atoms with E-state index in [0.717, 1.165) is 37.3 Å². The van der Waals surface area contributed by atoms with Gasteiger partial charge in [-0.3, -0.25) is 4.90 Å². The fraction of sp³-hybridized carbons (Fsp3) is 0.533. The number of carbonyl (C=O) groups excluding carboxylic acids is 1. The number of rotatable bonds is 4. The van der Waals surface area contributed by atoms with Crippen molar-refractivity contribution in [3.05, 3.63) is 34.3 Å². The zero-order valence-electron chi connectivity index (χ0n) is 12.0. The summed E-state index contributed by atoms with van der Waals surface area (Å²) in [5, 5.41) is 3.98. The molecule has 4 nitrogen and oxygen atoms in total. The number of halogens is 1. The van der Waals surface area contributed by atoms with Gasteiger partial charge < -0.3 is 10.1 Å². The molecule has 0 aliphatic carbocycles. The lowest BCUT2D eigenvalue weighted by molar-refractivity contribution is -0.150. The SMILES string of the molecule is CCOC(=O)C(c1ccc(C)c(Cl)c1)N1CCNCC1. The van der Waals surface area contributed by atoms with Gasteiger partial charge in [-0.15, -0.1) is 0 Å². The van der Waals surface area contributed by atoms with Gasteiger partial charge in [0.15, 0.2) is 0 Å². The smallest absolute Gasteiger partial charge is 0.328 e. The van der Waals surface area contributed by atoms with Gasteiger partial charge in [0.05, 0.1) is 6.61 Å². The monoisotopic (exact) mass is 296 g/mol. The van der Waals surface area contributed by atoms with Crippen LogP contribution in [-0.2, 0) is 9.53 Å². The number of aryl methyl sites for hydroxylation is 1. The number of nitrogens with zero attached hydrogens (tertiary/aromatic N) is 1. The van der Waals surface area contributed by atoms with Crippen LogP contribution in [0.3, 0.4) is 0 Å². The summed E-state index contributed by atoms with van der Waals surface area (Å²) in [5.41, 5.74) is 1.92. The molecule has 0 amide bonds. The van der Waals surface area contributed by atoms with E-state index in [2.05, 4.69) is 10.2 Å². The van der Waals surface area contributed by atoms with Gasteiger partial charge in [0, 0.05) is 31.2 Å². The molecule has 1 aliphatic rings. The highest BCUT2D eigenvalue weighted by atomic mass is 35.5. The molecular formula is C15H21ClN2O2. The Balaban J connectivity index is 2.28. The van der Waals surface area contributed by atoms with Crippen molar-refractivity contribution in [1.29, 1.82) is 0 Å². The second kappa shape index (κ2) is 7.07. The summed E-state index contributed by atoms with van der Waals surface area (Å²) in [5.74, 6) is -0.200. The van der Waals surface area contributed by atoms with Gasteiger partial charge in [-0.1, -0.05) is 23.7 Å². The first-order valence-electron chi connectivity index (χ1n) is 7.01. The molecule has 1 aromatic rings. The fourth-order valence-corrected chi connectivity index (χ4v) is 2.63. The van der Waals surface area contributed by atoms with Crippen molar-refractivity contribution in [1.82, 2.24) is 10.2 Å². The van der Waals surface area contributed by atoms with E-state index >= 15 is 0 Å². The number of nitrogens with one attached hydrogen (secondary N) is 1. The predicted octanol–water partition coefficient (Wildman–Crippen LogP) is 2.16. The molecule has 1 heterocycles. The summed E-state index contributed by atoms with van der Waals surface area (Å²) < 4.78 is 5.24. The van der Waals surface area contributed by atoms with Crippen molar-refractivity contribution in [3.63, 3.8) is 0 Å². The van der Waals surface area contributed by atoms with E-state index in [9.17, 15) is 4.79 Å². The van der Waals surface area contributed by atoms with Crippen LogP contribution in [0.4, 0.5) is 0 Å². The second-order valence-corrected chi connectivity index (χ2v) is 5.36. The molecule has 110 valence electrons. The normalized spacial score (nSPS) is 17.8. The summed E-state index contributed by atoms with van der Waals surface area (Å²) >= 11 is 6.20. The molecule has 1 atom stereocenters. The van der Waals surface area contributed by atoms with E-state index < -0.39 is 0 Å². The summed E-state index contributed by atoms with van der Waals surface area (Å²) in [6, 6.07) is 5.42. The summed E-state index contributed by atoms with van der Waals surface area (Å²) in [6.45, 7) is 7.60. The van der Waals surface area contributed by atoms with Crippen molar-refractivity contribution in [2.75, 3.05) is 32.8 Å². The molecule has 1 fully saturated rings. The lowest BCUT2D eigenvalue weighted by Gasteiger charge is -2.33. The lowest BCUT2D eigenvalue weighted by Crippen LogP contribution is -2.47. The van der Waals surface area contributed by atoms with Crippen molar-refractivity contribution < 1.29 is 9.53 Å². The minimum absolute atomic E-state index is 0.200. The Hall–Kier alpha value is -1.10. The largest absolute Gasteiger partial charge is 0.465 e. The van der Waals surface area contributed by atoms with E-state index in [4.69, 9.17) is 16.3 Å². The van der Waals surface area contributed by atoms with Gasteiger partial charge in [-0.2, -0.15) is 0 Å². The third-order valence-electron chi connectivity index (χ3n) is 3.54. The Bertz CT molecular complexity index is 473. The maximum atomic E-state index is 12.3. The molecule has 0 saturated carbocycles. The van der Waals surface area contributed by atoms with E-state index in [0.29, 0.717) is 11.6 Å². The average molecular weight is 297 g/mol. The fourth-order valence-electron chi connectivity index (χ4n) is 2.44. The molecule has 2 rings (SSSR count). The van der Waals surface area contributed by atoms with Crippen molar-refractivity contribution >= 4 is 17.6 Å². The van der Waals surface area contributed by atoms with Crippen molar-refractivity contribution in [2.24, 2.45) is 0 Å². The summed E-state index contributed by atoms with van der Waals surface area (Å²) in [7, 11) is 0. The Kier molecular flexibility index (Phi) is 5.40. The Labute approximate surface area is 125 Å². The molecule has 1 aliphatic heterocycles. The highest BCUT2D eigenvalue weighted by Gasteiger charge is 2.30. The van der Waals surface area contributed by atoms with Crippen LogP contribution in [0.5, 0.6) is 0 Å². The summed E-state index contributed by atoms with van der Waals surface area (Å²) in [4.78, 5) is 14.5. The van der Waals surface area contributed by atoms with Crippen LogP contribution < -0.4 is 5.32 Å². The first kappa shape index (κ1) is 15.3. The maximum Gasteiger partial charge on any atom is 0.328 e. The highest BCUT2D eigenvalue weighted by molar-refractivity contribution is 6.31. The van der Waals surface area contributed by atoms with Crippen LogP contribution >= 0.6 is 11.6 Å². The Morgan fingerprint density at radius 3 is 2.75 bits per heavy atom. The standard InChI is InChI=1S/C15H21ClN2O2/c1-3-20-15(19)14(18-8-6-17-7-9-18)12-5-4-11(2)13(16)10-12/h4-5,10,14,17H,3,6-9H2,1-2H3. The number of piperazine rings is 1. The van der Waals surface area contributed by atoms with Gasteiger partial charge in [0.25, 0.3) is 0 Å². The number of esters is 1. The number of ether oxygens (including phenoxy) is 1. The van der Waals surface area contributed by atoms with Gasteiger partial charge in [-0.05, 0) is 31.0 Å². The molecule has 20 heavy (non-hydrogen) atoms. The molecule has 1 saturated heterocycles. The van der Waals surface area contributed by atoms with Gasteiger partial charge in [-0.25, -0.2) is 4.79 Å². The van der Waals surface area contributed by atoms with Crippen LogP contribution in [0.1, 0.15) is 24.1 Å². The highest BCUT2D eigenvalue weighted by Crippen LogP contribution is 2.27. The third-order valence-corrected chi connectivity index (χ3v) is 3.95. The first-order valence-corrected chi connectivity index (χ1v) is 7.38. The van der Waals surface area contributed by atoms with Crippen molar-refractivity contribution in [3.8, 4) is 0 Å². The number of benzene rings is 1. The number of hydrogen-bond acceptors (Lipinski definition) is 4.